The van der Waals surface area contributed by atoms with Crippen LogP contribution in [0.1, 0.15) is 47.5 Å². The van der Waals surface area contributed by atoms with E-state index in [-0.39, 0.29) is 0 Å². The van der Waals surface area contributed by atoms with Crippen molar-refractivity contribution in [3.63, 3.8) is 0 Å². The van der Waals surface area contributed by atoms with E-state index >= 15 is 0 Å². The average Bonchev–Trinajstić information content (AvgIpc) is 2.84. The second-order valence-electron chi connectivity index (χ2n) is 4.94. The van der Waals surface area contributed by atoms with Crippen molar-refractivity contribution in [3.8, 4) is 0 Å². The fraction of sp³-hybridized carbons (Fsp3) is 0.438. The number of hydrogen-bond acceptors (Lipinski definition) is 3. The lowest BCUT2D eigenvalue weighted by Crippen LogP contribution is -2.24. The van der Waals surface area contributed by atoms with Gasteiger partial charge in [0.1, 0.15) is 5.01 Å². The van der Waals surface area contributed by atoms with E-state index < -0.39 is 17.7 Å². The lowest BCUT2D eigenvalue weighted by molar-refractivity contribution is 0.479. The van der Waals surface area contributed by atoms with Gasteiger partial charge in [0.15, 0.2) is 11.6 Å². The van der Waals surface area contributed by atoms with E-state index in [0.29, 0.717) is 5.56 Å². The summed E-state index contributed by atoms with van der Waals surface area (Å²) in [5.41, 5.74) is 1.34. The third-order valence-corrected chi connectivity index (χ3v) is 4.46. The monoisotopic (exact) mass is 310 g/mol. The lowest BCUT2D eigenvalue weighted by Gasteiger charge is -2.17. The molecule has 0 aliphatic carbocycles. The third-order valence-electron chi connectivity index (χ3n) is 3.38. The van der Waals surface area contributed by atoms with E-state index in [1.807, 2.05) is 20.8 Å². The first-order chi connectivity index (χ1) is 10.1. The molecule has 5 heteroatoms. The number of nitrogens with one attached hydrogen (secondary N) is 1. The summed E-state index contributed by atoms with van der Waals surface area (Å²) < 4.78 is 27.6. The van der Waals surface area contributed by atoms with Crippen LogP contribution < -0.4 is 5.32 Å². The Labute approximate surface area is 128 Å². The van der Waals surface area contributed by atoms with Gasteiger partial charge in [-0.2, -0.15) is 0 Å². The van der Waals surface area contributed by atoms with Crippen molar-refractivity contribution < 1.29 is 8.78 Å². The predicted octanol–water partition coefficient (Wildman–Crippen LogP) is 4.38. The molecule has 114 valence electrons. The standard InChI is InChI=1S/C16H20F2N2S/c1-4-9-19-15(11-7-6-8-12(17)14(11)18)16-20-13(5-2)10(3)21-16/h6-8,15,19H,4-5,9H2,1-3H3. The van der Waals surface area contributed by atoms with Crippen molar-refractivity contribution in [2.24, 2.45) is 0 Å². The summed E-state index contributed by atoms with van der Waals surface area (Å²) in [6, 6.07) is 3.90. The highest BCUT2D eigenvalue weighted by atomic mass is 32.1. The van der Waals surface area contributed by atoms with E-state index in [4.69, 9.17) is 0 Å². The summed E-state index contributed by atoms with van der Waals surface area (Å²) in [7, 11) is 0. The Morgan fingerprint density at radius 1 is 1.29 bits per heavy atom. The molecule has 1 aromatic heterocycles. The van der Waals surface area contributed by atoms with Gasteiger partial charge in [0, 0.05) is 10.4 Å². The van der Waals surface area contributed by atoms with Crippen molar-refractivity contribution in [2.75, 3.05) is 6.54 Å². The zero-order valence-corrected chi connectivity index (χ0v) is 13.4. The van der Waals surface area contributed by atoms with Gasteiger partial charge < -0.3 is 5.32 Å². The van der Waals surface area contributed by atoms with E-state index in [9.17, 15) is 8.78 Å². The Balaban J connectivity index is 2.44. The molecule has 1 aromatic carbocycles. The molecule has 2 rings (SSSR count). The molecule has 1 heterocycles. The summed E-state index contributed by atoms with van der Waals surface area (Å²) in [5, 5.41) is 4.07. The van der Waals surface area contributed by atoms with Crippen molar-refractivity contribution in [2.45, 2.75) is 39.7 Å². The Morgan fingerprint density at radius 3 is 2.67 bits per heavy atom. The van der Waals surface area contributed by atoms with Gasteiger partial charge in [-0.1, -0.05) is 26.0 Å². The Kier molecular flexibility index (Phi) is 5.42. The summed E-state index contributed by atoms with van der Waals surface area (Å²) in [4.78, 5) is 5.73. The first-order valence-corrected chi connectivity index (χ1v) is 8.03. The molecule has 1 unspecified atom stereocenters. The fourth-order valence-corrected chi connectivity index (χ4v) is 3.37. The smallest absolute Gasteiger partial charge is 0.164 e. The van der Waals surface area contributed by atoms with Crippen LogP contribution in [0.4, 0.5) is 8.78 Å². The molecule has 2 nitrogen and oxygen atoms in total. The molecule has 0 aliphatic heterocycles. The summed E-state index contributed by atoms with van der Waals surface area (Å²) >= 11 is 1.54. The number of rotatable bonds is 6. The van der Waals surface area contributed by atoms with E-state index in [0.717, 1.165) is 41.0 Å². The molecule has 0 bridgehead atoms. The van der Waals surface area contributed by atoms with Crippen LogP contribution in [0.15, 0.2) is 18.2 Å². The molecule has 0 radical (unpaired) electrons. The van der Waals surface area contributed by atoms with Crippen LogP contribution in [-0.4, -0.2) is 11.5 Å². The summed E-state index contributed by atoms with van der Waals surface area (Å²) in [5.74, 6) is -1.61. The van der Waals surface area contributed by atoms with Crippen molar-refractivity contribution >= 4 is 11.3 Å². The van der Waals surface area contributed by atoms with Gasteiger partial charge in [0.25, 0.3) is 0 Å². The molecule has 0 aliphatic rings. The predicted molar refractivity (Wildman–Crippen MR) is 82.7 cm³/mol. The molecule has 1 atom stereocenters. The maximum Gasteiger partial charge on any atom is 0.164 e. The zero-order valence-electron chi connectivity index (χ0n) is 12.5. The van der Waals surface area contributed by atoms with E-state index in [1.165, 1.54) is 6.07 Å². The lowest BCUT2D eigenvalue weighted by atomic mass is 10.1. The largest absolute Gasteiger partial charge is 0.304 e. The molecule has 0 amide bonds. The van der Waals surface area contributed by atoms with E-state index in [1.54, 1.807) is 17.4 Å². The van der Waals surface area contributed by atoms with Crippen LogP contribution in [0.25, 0.3) is 0 Å². The van der Waals surface area contributed by atoms with Gasteiger partial charge >= 0.3 is 0 Å². The topological polar surface area (TPSA) is 24.9 Å². The third kappa shape index (κ3) is 3.47. The molecule has 21 heavy (non-hydrogen) atoms. The quantitative estimate of drug-likeness (QED) is 0.856. The van der Waals surface area contributed by atoms with Crippen LogP contribution in [-0.2, 0) is 6.42 Å². The number of thiazole rings is 1. The molecular formula is C16H20F2N2S. The minimum Gasteiger partial charge on any atom is -0.304 e. The molecular weight excluding hydrogens is 290 g/mol. The first kappa shape index (κ1) is 16.0. The van der Waals surface area contributed by atoms with Crippen LogP contribution in [0, 0.1) is 18.6 Å². The number of nitrogens with zero attached hydrogens (tertiary/aromatic N) is 1. The fourth-order valence-electron chi connectivity index (χ4n) is 2.26. The minimum absolute atomic E-state index is 0.319. The molecule has 0 spiro atoms. The number of benzene rings is 1. The molecule has 0 saturated heterocycles. The second-order valence-corrected chi connectivity index (χ2v) is 6.17. The van der Waals surface area contributed by atoms with Crippen molar-refractivity contribution in [3.05, 3.63) is 51.0 Å². The highest BCUT2D eigenvalue weighted by molar-refractivity contribution is 7.11. The average molecular weight is 310 g/mol. The number of aryl methyl sites for hydroxylation is 2. The Hall–Kier alpha value is -1.33. The SMILES string of the molecule is CCCNC(c1nc(CC)c(C)s1)c1cccc(F)c1F. The van der Waals surface area contributed by atoms with Gasteiger partial charge in [0.05, 0.1) is 11.7 Å². The maximum atomic E-state index is 14.1. The van der Waals surface area contributed by atoms with Crippen LogP contribution in [0.3, 0.4) is 0 Å². The number of aromatic nitrogens is 1. The molecule has 0 fully saturated rings. The minimum atomic E-state index is -0.820. The van der Waals surface area contributed by atoms with Gasteiger partial charge in [-0.15, -0.1) is 11.3 Å². The molecule has 2 aromatic rings. The van der Waals surface area contributed by atoms with Gasteiger partial charge in [-0.3, -0.25) is 0 Å². The van der Waals surface area contributed by atoms with Crippen LogP contribution in [0.5, 0.6) is 0 Å². The second kappa shape index (κ2) is 7.09. The highest BCUT2D eigenvalue weighted by Gasteiger charge is 2.23. The normalized spacial score (nSPS) is 12.6. The number of hydrogen-bond donors (Lipinski definition) is 1. The van der Waals surface area contributed by atoms with E-state index in [2.05, 4.69) is 10.3 Å². The molecule has 1 N–H and O–H groups in total. The summed E-state index contributed by atoms with van der Waals surface area (Å²) in [6.07, 6.45) is 1.76. The van der Waals surface area contributed by atoms with Gasteiger partial charge in [-0.25, -0.2) is 13.8 Å². The van der Waals surface area contributed by atoms with Gasteiger partial charge in [0.2, 0.25) is 0 Å². The maximum absolute atomic E-state index is 14.1. The van der Waals surface area contributed by atoms with Gasteiger partial charge in [-0.05, 0) is 32.4 Å². The van der Waals surface area contributed by atoms with Crippen molar-refractivity contribution in [1.82, 2.24) is 10.3 Å². The number of halogens is 2. The Bertz CT molecular complexity index is 610. The zero-order chi connectivity index (χ0) is 15.4. The molecule has 0 saturated carbocycles. The Morgan fingerprint density at radius 2 is 2.05 bits per heavy atom. The van der Waals surface area contributed by atoms with Crippen molar-refractivity contribution in [1.29, 1.82) is 0 Å². The van der Waals surface area contributed by atoms with Crippen LogP contribution >= 0.6 is 11.3 Å². The first-order valence-electron chi connectivity index (χ1n) is 7.21. The van der Waals surface area contributed by atoms with Crippen LogP contribution in [0.2, 0.25) is 0 Å². The summed E-state index contributed by atoms with van der Waals surface area (Å²) in [6.45, 7) is 6.82. The highest BCUT2D eigenvalue weighted by Crippen LogP contribution is 2.30.